The number of likely N-dealkylation sites (tertiary alicyclic amines) is 4. The van der Waals surface area contributed by atoms with Crippen molar-refractivity contribution in [2.24, 2.45) is 51.9 Å². The minimum absolute atomic E-state index is 0. The van der Waals surface area contributed by atoms with Crippen molar-refractivity contribution in [2.45, 2.75) is 121 Å². The molecule has 48 heteroatoms. The molecule has 0 N–H and O–H groups in total. The number of para-hydroxylation sites is 4. The first-order valence-electron chi connectivity index (χ1n) is 45.4. The van der Waals surface area contributed by atoms with Crippen LogP contribution < -0.4 is 19.6 Å². The van der Waals surface area contributed by atoms with Crippen LogP contribution in [-0.2, 0) is 52.9 Å². The molecule has 8 atom stereocenters. The van der Waals surface area contributed by atoms with Crippen LogP contribution in [0.3, 0.4) is 0 Å². The molecule has 0 bridgehead atoms. The van der Waals surface area contributed by atoms with Crippen LogP contribution in [0.5, 0.6) is 0 Å². The van der Waals surface area contributed by atoms with Crippen molar-refractivity contribution >= 4 is 119 Å². The summed E-state index contributed by atoms with van der Waals surface area (Å²) in [4.78, 5) is 50.9. The van der Waals surface area contributed by atoms with Gasteiger partial charge in [0.1, 0.15) is 22.8 Å². The third-order valence-corrected chi connectivity index (χ3v) is 30.9. The molecular weight excluding hydrogens is 2000 g/mol. The van der Waals surface area contributed by atoms with Gasteiger partial charge in [-0.15, -0.1) is 90.4 Å². The van der Waals surface area contributed by atoms with Gasteiger partial charge in [-0.3, -0.25) is 19.9 Å². The van der Waals surface area contributed by atoms with E-state index in [2.05, 4.69) is 100 Å². The van der Waals surface area contributed by atoms with Gasteiger partial charge in [0.15, 0.2) is 43.9 Å². The molecule has 8 aliphatic rings. The van der Waals surface area contributed by atoms with Crippen molar-refractivity contribution in [3.8, 4) is 46.1 Å². The predicted octanol–water partition coefficient (Wildman–Crippen LogP) is 17.6. The Labute approximate surface area is 844 Å². The Morgan fingerprint density at radius 1 is 0.279 bits per heavy atom. The molecule has 8 aromatic heterocycles. The van der Waals surface area contributed by atoms with Gasteiger partial charge in [-0.25, -0.2) is 19.9 Å². The SMILES string of the molecule is Cl.Cl.Cl.Cl.Cn1c(SCCCN2C[C@@H]3CCN(c4ccccc4C(F)(F)F)[C@@H]3C2)nnc1-c1cnccn1.Cn1c(SCCCN2C[C@@H]3CCN(c4ccccc4C(F)(F)F)[C@@H]3C2)nnc1-c1cnccn1.Cn1c(SCCCN2C[C@H]3CCN(c4ccccc4C(F)(F)F)[C@H]3C2)nnc1-c1cnccn1.Cn1c(SCCCN2C[C@H]3CCN(c4ccccc4C(F)(F)F)[C@H]3C2)nnc1-c1cnccn1. The second-order valence-corrected chi connectivity index (χ2v) is 39.2. The van der Waals surface area contributed by atoms with Gasteiger partial charge in [-0.1, -0.05) is 95.6 Å². The van der Waals surface area contributed by atoms with Gasteiger partial charge in [-0.05, 0) is 150 Å². The number of hydrogen-bond donors (Lipinski definition) is 0. The molecule has 0 amide bonds. The lowest BCUT2D eigenvalue weighted by atomic mass is 10.0. The second-order valence-electron chi connectivity index (χ2n) is 35.0. The second kappa shape index (κ2) is 48.3. The molecule has 0 spiro atoms. The van der Waals surface area contributed by atoms with Gasteiger partial charge in [0.05, 0.1) is 47.0 Å². The number of hydrogen-bond acceptors (Lipinski definition) is 28. The Balaban J connectivity index is 0.000000156. The number of anilines is 4. The summed E-state index contributed by atoms with van der Waals surface area (Å²) in [6.45, 7) is 13.4. The van der Waals surface area contributed by atoms with Gasteiger partial charge < -0.3 is 57.5 Å². The number of nitrogens with zero attached hydrogens (tertiary/aromatic N) is 28. The third-order valence-electron chi connectivity index (χ3n) is 26.5. The number of benzene rings is 4. The molecule has 8 saturated heterocycles. The van der Waals surface area contributed by atoms with Crippen LogP contribution in [0.4, 0.5) is 75.4 Å². The normalized spacial score (nSPS) is 20.2. The number of thioether (sulfide) groups is 4. The lowest BCUT2D eigenvalue weighted by molar-refractivity contribution is -0.138. The molecule has 0 unspecified atom stereocenters. The smallest absolute Gasteiger partial charge is 0.366 e. The summed E-state index contributed by atoms with van der Waals surface area (Å²) in [6.07, 6.45) is 9.95. The monoisotopic (exact) mass is 2100 g/mol. The van der Waals surface area contributed by atoms with Crippen LogP contribution in [0, 0.1) is 23.7 Å². The fourth-order valence-electron chi connectivity index (χ4n) is 20.1. The standard InChI is InChI=1S/4C23H26F3N7S.4ClH/c4*1-31-21(18-13-27-8-9-28-18)29-30-22(31)34-12-4-10-32-14-16-7-11-33(20(16)15-32)19-6-3-2-5-17(19)23(24,25)26;;;;/h4*2-3,5-6,8-9,13,16,20H,4,7,10-12,14-15H2,1H3;4*1H/t4*16-,20+;;;;/m1100..../s1. The lowest BCUT2D eigenvalue weighted by Gasteiger charge is -2.29. The van der Waals surface area contributed by atoms with Crippen LogP contribution >= 0.6 is 96.7 Å². The van der Waals surface area contributed by atoms with Gasteiger partial charge in [0.2, 0.25) is 0 Å². The average Bonchev–Trinajstić information content (AvgIpc) is 1.63. The maximum atomic E-state index is 13.5. The minimum Gasteiger partial charge on any atom is -0.366 e. The number of aromatic nitrogens is 20. The highest BCUT2D eigenvalue weighted by Gasteiger charge is 2.49. The van der Waals surface area contributed by atoms with Crippen molar-refractivity contribution in [1.82, 2.24) is 119 Å². The topological polar surface area (TPSA) is 252 Å². The lowest BCUT2D eigenvalue weighted by Crippen LogP contribution is -2.36. The Morgan fingerprint density at radius 3 is 0.679 bits per heavy atom. The van der Waals surface area contributed by atoms with Gasteiger partial charge in [-0.2, -0.15) is 52.7 Å². The quantitative estimate of drug-likeness (QED) is 0.0251. The van der Waals surface area contributed by atoms with Crippen LogP contribution in [0.15, 0.2) is 192 Å². The summed E-state index contributed by atoms with van der Waals surface area (Å²) in [5.41, 5.74) is 1.89. The molecule has 140 heavy (non-hydrogen) atoms. The van der Waals surface area contributed by atoms with E-state index in [1.807, 2.05) is 66.1 Å². The van der Waals surface area contributed by atoms with Crippen LogP contribution in [0.1, 0.15) is 73.6 Å². The van der Waals surface area contributed by atoms with E-state index in [-0.39, 0.29) is 73.8 Å². The van der Waals surface area contributed by atoms with Gasteiger partial charge in [0.25, 0.3) is 0 Å². The summed E-state index contributed by atoms with van der Waals surface area (Å²) < 4.78 is 170. The van der Waals surface area contributed by atoms with E-state index in [0.29, 0.717) is 119 Å². The first kappa shape index (κ1) is 108. The van der Waals surface area contributed by atoms with E-state index in [4.69, 9.17) is 0 Å². The van der Waals surface area contributed by atoms with Crippen molar-refractivity contribution in [3.05, 3.63) is 194 Å². The molecule has 4 aromatic carbocycles. The third kappa shape index (κ3) is 25.5. The van der Waals surface area contributed by atoms with Crippen LogP contribution in [0.25, 0.3) is 46.1 Å². The van der Waals surface area contributed by atoms with Crippen LogP contribution in [0.2, 0.25) is 0 Å². The Morgan fingerprint density at radius 2 is 0.486 bits per heavy atom. The first-order valence-corrected chi connectivity index (χ1v) is 49.4. The molecule has 0 saturated carbocycles. The number of fused-ring (bicyclic) bond motifs is 4. The Kier molecular flexibility index (Phi) is 37.2. The maximum absolute atomic E-state index is 13.5. The number of halogens is 16. The van der Waals surface area contributed by atoms with Crippen molar-refractivity contribution in [2.75, 3.05) is 147 Å². The largest absolute Gasteiger partial charge is 0.418 e. The van der Waals surface area contributed by atoms with Crippen molar-refractivity contribution in [3.63, 3.8) is 0 Å². The summed E-state index contributed by atoms with van der Waals surface area (Å²) in [5, 5.41) is 37.4. The van der Waals surface area contributed by atoms with E-state index in [9.17, 15) is 52.7 Å². The Hall–Kier alpha value is -9.48. The highest BCUT2D eigenvalue weighted by atomic mass is 35.5. The van der Waals surface area contributed by atoms with E-state index >= 15 is 0 Å². The highest BCUT2D eigenvalue weighted by Crippen LogP contribution is 2.48. The summed E-state index contributed by atoms with van der Waals surface area (Å²) >= 11 is 6.59. The summed E-state index contributed by atoms with van der Waals surface area (Å²) in [6, 6.07) is 24.4. The molecule has 0 aliphatic carbocycles. The van der Waals surface area contributed by atoms with E-state index in [0.717, 1.165) is 174 Å². The zero-order valence-electron chi connectivity index (χ0n) is 76.9. The van der Waals surface area contributed by atoms with Crippen molar-refractivity contribution in [1.29, 1.82) is 0 Å². The minimum atomic E-state index is -4.34. The number of rotatable bonds is 28. The van der Waals surface area contributed by atoms with Gasteiger partial charge in [0, 0.05) is 226 Å². The fourth-order valence-corrected chi connectivity index (χ4v) is 23.4. The molecule has 752 valence electrons. The summed E-state index contributed by atoms with van der Waals surface area (Å²) in [5.74, 6) is 7.96. The molecule has 16 heterocycles. The zero-order chi connectivity index (χ0) is 94.8. The average molecular weight is 2100 g/mol. The predicted molar refractivity (Wildman–Crippen MR) is 527 cm³/mol. The van der Waals surface area contributed by atoms with E-state index in [1.165, 1.54) is 48.5 Å². The molecular formula is C92H108Cl4F12N28S4. The first-order chi connectivity index (χ1) is 65.7. The number of alkyl halides is 12. The van der Waals surface area contributed by atoms with E-state index in [1.54, 1.807) is 170 Å². The van der Waals surface area contributed by atoms with Gasteiger partial charge >= 0.3 is 24.7 Å². The maximum Gasteiger partial charge on any atom is 0.418 e. The fraction of sp³-hybridized carbons (Fsp3) is 0.478. The molecule has 20 rings (SSSR count). The molecule has 28 nitrogen and oxygen atoms in total. The zero-order valence-corrected chi connectivity index (χ0v) is 83.4. The highest BCUT2D eigenvalue weighted by molar-refractivity contribution is 7.99. The summed E-state index contributed by atoms with van der Waals surface area (Å²) in [7, 11) is 7.67. The molecule has 0 radical (unpaired) electrons. The molecule has 8 aliphatic heterocycles. The molecule has 12 aromatic rings. The van der Waals surface area contributed by atoms with Crippen LogP contribution in [-0.4, -0.2) is 270 Å². The van der Waals surface area contributed by atoms with Crippen molar-refractivity contribution < 1.29 is 52.7 Å². The van der Waals surface area contributed by atoms with E-state index < -0.39 is 47.0 Å². The Bertz CT molecular complexity index is 5220. The molecule has 8 fully saturated rings.